The van der Waals surface area contributed by atoms with Gasteiger partial charge < -0.3 is 76.0 Å². The Morgan fingerprint density at radius 2 is 1.16 bits per heavy atom. The highest BCUT2D eigenvalue weighted by Crippen LogP contribution is 2.10. The van der Waals surface area contributed by atoms with Crippen molar-refractivity contribution in [3.8, 4) is 0 Å². The predicted molar refractivity (Wildman–Crippen MR) is 238 cm³/mol. The van der Waals surface area contributed by atoms with Gasteiger partial charge in [0, 0.05) is 24.1 Å². The Labute approximate surface area is 378 Å². The van der Waals surface area contributed by atoms with E-state index in [0.29, 0.717) is 63.7 Å². The van der Waals surface area contributed by atoms with E-state index in [2.05, 4.69) is 59.8 Å². The Kier molecular flexibility index (Phi) is 27.9. The van der Waals surface area contributed by atoms with Gasteiger partial charge >= 0.3 is 5.97 Å². The van der Waals surface area contributed by atoms with Crippen molar-refractivity contribution >= 4 is 65.9 Å². The van der Waals surface area contributed by atoms with Gasteiger partial charge in [-0.15, -0.1) is 0 Å². The number of carbonyl (C=O) groups is 9. The minimum Gasteiger partial charge on any atom is -0.480 e. The lowest BCUT2D eigenvalue weighted by atomic mass is 10.0. The summed E-state index contributed by atoms with van der Waals surface area (Å²) >= 11 is 4.17. The van der Waals surface area contributed by atoms with Gasteiger partial charge in [0.25, 0.3) is 0 Å². The maximum atomic E-state index is 13.7. The molecule has 0 aliphatic rings. The number of unbranched alkanes of at least 4 members (excludes halogenated alkanes) is 3. The molecule has 1 aromatic heterocycles. The summed E-state index contributed by atoms with van der Waals surface area (Å²) < 4.78 is 0. The van der Waals surface area contributed by atoms with Crippen LogP contribution in [0.1, 0.15) is 90.2 Å². The van der Waals surface area contributed by atoms with Crippen LogP contribution in [0.25, 0.3) is 0 Å². The topological polar surface area (TPSA) is 417 Å². The maximum absolute atomic E-state index is 13.7. The molecule has 24 nitrogen and oxygen atoms in total. The highest BCUT2D eigenvalue weighted by atomic mass is 32.1. The molecular weight excluding hydrogens is 857 g/mol. The molecule has 19 N–H and O–H groups in total. The molecule has 1 aromatic rings. The molecule has 1 heterocycles. The smallest absolute Gasteiger partial charge is 0.326 e. The Hall–Kier alpha value is -5.37. The summed E-state index contributed by atoms with van der Waals surface area (Å²) in [7, 11) is 0. The van der Waals surface area contributed by atoms with Crippen molar-refractivity contribution in [1.29, 1.82) is 0 Å². The molecule has 7 atom stereocenters. The van der Waals surface area contributed by atoms with Crippen LogP contribution in [0.3, 0.4) is 0 Å². The molecule has 0 saturated heterocycles. The van der Waals surface area contributed by atoms with Crippen LogP contribution < -0.4 is 65.9 Å². The van der Waals surface area contributed by atoms with Crippen molar-refractivity contribution in [2.75, 3.05) is 31.9 Å². The standard InChI is InChI=1S/C39H70N14O10S/c1-22(2)15-27(36(59)53-30(20-64)38(61)49-26(39(62)63)11-5-8-14-42)51-35(58)25(10-4-7-13-41)48-32(55)19-46-34(57)29(17-31(44)54)52-37(60)28(16-23-18-45-21-47-23)50-33(56)24(43)9-3-6-12-40/h18,21-22,24-30,64H,3-17,19-20,40-43H2,1-2H3,(H2,44,54)(H,45,47)(H,46,57)(H,48,55)(H,49,61)(H,50,56)(H,51,58)(H,52,60)(H,53,59)(H,62,63)/t24-,25-,26-,27-,28-,29-,30-/m0/s1. The summed E-state index contributed by atoms with van der Waals surface area (Å²) in [5.41, 5.74) is 28.5. The number of rotatable bonds is 34. The third-order valence-electron chi connectivity index (χ3n) is 9.70. The quantitative estimate of drug-likeness (QED) is 0.0229. The zero-order valence-electron chi connectivity index (χ0n) is 36.7. The molecule has 0 radical (unpaired) electrons. The first-order chi connectivity index (χ1) is 30.4. The van der Waals surface area contributed by atoms with Crippen LogP contribution in [0.4, 0.5) is 0 Å². The molecule has 0 fully saturated rings. The molecule has 0 unspecified atom stereocenters. The monoisotopic (exact) mass is 927 g/mol. The van der Waals surface area contributed by atoms with Crippen molar-refractivity contribution in [3.05, 3.63) is 18.2 Å². The molecule has 0 aliphatic carbocycles. The molecule has 0 aliphatic heterocycles. The lowest BCUT2D eigenvalue weighted by molar-refractivity contribution is -0.142. The van der Waals surface area contributed by atoms with Crippen LogP contribution in [-0.4, -0.2) is 143 Å². The Balaban J connectivity index is 3.12. The van der Waals surface area contributed by atoms with E-state index in [9.17, 15) is 48.3 Å². The number of primary amides is 1. The SMILES string of the molecule is CC(C)C[C@H](NC(=O)[C@H](CCCCN)NC(=O)CNC(=O)[C@H](CC(N)=O)NC(=O)[C@H](Cc1cnc[nH]1)NC(=O)[C@@H](N)CCCCN)C(=O)N[C@@H](CS)C(=O)N[C@@H](CCCCN)C(=O)O. The first kappa shape index (κ1) is 56.6. The number of aromatic nitrogens is 2. The summed E-state index contributed by atoms with van der Waals surface area (Å²) in [6, 6.07) is -8.77. The van der Waals surface area contributed by atoms with Gasteiger partial charge in [-0.05, 0) is 83.3 Å². The fourth-order valence-corrected chi connectivity index (χ4v) is 6.45. The number of imidazole rings is 1. The van der Waals surface area contributed by atoms with Gasteiger partial charge in [0.2, 0.25) is 47.3 Å². The van der Waals surface area contributed by atoms with E-state index in [0.717, 1.165) is 0 Å². The molecule has 1 rings (SSSR count). The minimum absolute atomic E-state index is 0.0710. The van der Waals surface area contributed by atoms with E-state index in [1.165, 1.54) is 12.5 Å². The number of nitrogens with zero attached hydrogens (tertiary/aromatic N) is 1. The van der Waals surface area contributed by atoms with E-state index in [-0.39, 0.29) is 43.9 Å². The Morgan fingerprint density at radius 3 is 1.69 bits per heavy atom. The van der Waals surface area contributed by atoms with E-state index < -0.39 is 108 Å². The largest absolute Gasteiger partial charge is 0.480 e. The summed E-state index contributed by atoms with van der Waals surface area (Å²) in [6.07, 6.45) is 5.66. The average molecular weight is 927 g/mol. The molecule has 64 heavy (non-hydrogen) atoms. The van der Waals surface area contributed by atoms with Gasteiger partial charge in [-0.1, -0.05) is 20.3 Å². The van der Waals surface area contributed by atoms with Crippen LogP contribution >= 0.6 is 12.6 Å². The van der Waals surface area contributed by atoms with Crippen LogP contribution in [0, 0.1) is 5.92 Å². The number of aromatic amines is 1. The van der Waals surface area contributed by atoms with E-state index in [4.69, 9.17) is 28.7 Å². The molecule has 0 aromatic carbocycles. The van der Waals surface area contributed by atoms with Crippen LogP contribution in [0.5, 0.6) is 0 Å². The summed E-state index contributed by atoms with van der Waals surface area (Å²) in [6.45, 7) is 3.90. The average Bonchev–Trinajstić information content (AvgIpc) is 3.76. The van der Waals surface area contributed by atoms with Gasteiger partial charge in [0.05, 0.1) is 25.3 Å². The van der Waals surface area contributed by atoms with Gasteiger partial charge in [0.15, 0.2) is 0 Å². The second-order valence-electron chi connectivity index (χ2n) is 15.7. The Morgan fingerprint density at radius 1 is 0.656 bits per heavy atom. The number of nitrogens with two attached hydrogens (primary N) is 5. The first-order valence-electron chi connectivity index (χ1n) is 21.4. The molecule has 8 amide bonds. The number of carboxylic acids is 1. The van der Waals surface area contributed by atoms with Gasteiger partial charge in [0.1, 0.15) is 36.3 Å². The zero-order valence-corrected chi connectivity index (χ0v) is 37.6. The summed E-state index contributed by atoms with van der Waals surface area (Å²) in [4.78, 5) is 124. The number of nitrogens with one attached hydrogen (secondary N) is 8. The lowest BCUT2D eigenvalue weighted by Gasteiger charge is -2.26. The highest BCUT2D eigenvalue weighted by molar-refractivity contribution is 7.80. The van der Waals surface area contributed by atoms with Crippen molar-refractivity contribution in [2.45, 2.75) is 133 Å². The van der Waals surface area contributed by atoms with Gasteiger partial charge in [-0.3, -0.25) is 38.4 Å². The number of hydrogen-bond acceptors (Lipinski definition) is 15. The lowest BCUT2D eigenvalue weighted by Crippen LogP contribution is -2.59. The first-order valence-corrected chi connectivity index (χ1v) is 22.0. The van der Waals surface area contributed by atoms with Crippen LogP contribution in [-0.2, 0) is 49.6 Å². The number of thiol groups is 1. The van der Waals surface area contributed by atoms with Crippen molar-refractivity contribution < 1.29 is 48.3 Å². The number of hydrogen-bond donors (Lipinski definition) is 15. The number of amides is 8. The van der Waals surface area contributed by atoms with Crippen LogP contribution in [0.15, 0.2) is 12.5 Å². The third-order valence-corrected chi connectivity index (χ3v) is 10.1. The summed E-state index contributed by atoms with van der Waals surface area (Å²) in [5, 5.41) is 27.0. The van der Waals surface area contributed by atoms with Crippen LogP contribution in [0.2, 0.25) is 0 Å². The van der Waals surface area contributed by atoms with Crippen molar-refractivity contribution in [2.24, 2.45) is 34.6 Å². The minimum atomic E-state index is -1.59. The van der Waals surface area contributed by atoms with Crippen molar-refractivity contribution in [1.82, 2.24) is 47.2 Å². The number of carbonyl (C=O) groups excluding carboxylic acids is 8. The zero-order chi connectivity index (χ0) is 48.2. The molecular formula is C39H70N14O10S. The van der Waals surface area contributed by atoms with E-state index in [1.807, 2.05) is 0 Å². The number of aliphatic carboxylic acids is 1. The molecule has 0 spiro atoms. The number of carboxylic acid groups (broad SMARTS) is 1. The second-order valence-corrected chi connectivity index (χ2v) is 16.1. The van der Waals surface area contributed by atoms with E-state index in [1.54, 1.807) is 13.8 Å². The molecule has 0 saturated carbocycles. The number of H-pyrrole nitrogens is 1. The van der Waals surface area contributed by atoms with Gasteiger partial charge in [-0.2, -0.15) is 12.6 Å². The molecule has 362 valence electrons. The predicted octanol–water partition coefficient (Wildman–Crippen LogP) is -4.37. The molecule has 0 bridgehead atoms. The molecule has 25 heteroatoms. The maximum Gasteiger partial charge on any atom is 0.326 e. The normalized spacial score (nSPS) is 14.4. The second kappa shape index (κ2) is 31.5. The van der Waals surface area contributed by atoms with Gasteiger partial charge in [-0.25, -0.2) is 9.78 Å². The fourth-order valence-electron chi connectivity index (χ4n) is 6.19. The summed E-state index contributed by atoms with van der Waals surface area (Å²) in [5.74, 6) is -8.25. The van der Waals surface area contributed by atoms with E-state index >= 15 is 0 Å². The highest BCUT2D eigenvalue weighted by Gasteiger charge is 2.33. The fraction of sp³-hybridized carbons (Fsp3) is 0.692. The third kappa shape index (κ3) is 22.8. The van der Waals surface area contributed by atoms with Crippen molar-refractivity contribution in [3.63, 3.8) is 0 Å². The Bertz CT molecular complexity index is 1650.